The molecule has 0 saturated heterocycles. The van der Waals surface area contributed by atoms with Crippen molar-refractivity contribution in [1.82, 2.24) is 0 Å². The summed E-state index contributed by atoms with van der Waals surface area (Å²) >= 11 is 0. The van der Waals surface area contributed by atoms with Gasteiger partial charge in [-0.15, -0.1) is 0 Å². The second-order valence-corrected chi connectivity index (χ2v) is 0.283. The van der Waals surface area contributed by atoms with Crippen LogP contribution in [0.25, 0.3) is 0 Å². The second kappa shape index (κ2) is 15.7. The number of carbonyl (C=O) groups is 1. The van der Waals surface area contributed by atoms with E-state index < -0.39 is 6.16 Å². The van der Waals surface area contributed by atoms with Crippen molar-refractivity contribution in [3.63, 3.8) is 0 Å². The van der Waals surface area contributed by atoms with Crippen LogP contribution in [-0.4, -0.2) is 97.5 Å². The Hall–Kier alpha value is 1.28. The van der Waals surface area contributed by atoms with Crippen molar-refractivity contribution in [2.45, 2.75) is 0 Å². The standard InChI is InChI=1S/CH2O3.CH4O.Cs.H/c2-1(3)4;1-2;;/h(H2,2,3,4);2H,1H3;;. The van der Waals surface area contributed by atoms with Crippen LogP contribution in [0.15, 0.2) is 0 Å². The first-order valence-electron chi connectivity index (χ1n) is 1.10. The average molecular weight is 228 g/mol. The molecule has 0 radical (unpaired) electrons. The molecule has 5 heteroatoms. The van der Waals surface area contributed by atoms with Gasteiger partial charge in [0.1, 0.15) is 0 Å². The van der Waals surface area contributed by atoms with E-state index in [1.54, 1.807) is 0 Å². The third-order valence-electron chi connectivity index (χ3n) is 0. The Morgan fingerprint density at radius 1 is 1.29 bits per heavy atom. The molecule has 0 aromatic carbocycles. The third kappa shape index (κ3) is 124. The molecule has 7 heavy (non-hydrogen) atoms. The van der Waals surface area contributed by atoms with E-state index in [9.17, 15) is 0 Å². The van der Waals surface area contributed by atoms with Gasteiger partial charge in [-0.05, 0) is 0 Å². The number of carboxylic acid groups (broad SMARTS) is 2. The summed E-state index contributed by atoms with van der Waals surface area (Å²) in [6.07, 6.45) is -1.83. The first-order valence-corrected chi connectivity index (χ1v) is 1.10. The molecule has 0 unspecified atom stereocenters. The van der Waals surface area contributed by atoms with Crippen molar-refractivity contribution in [2.75, 3.05) is 7.11 Å². The van der Waals surface area contributed by atoms with Crippen molar-refractivity contribution in [1.29, 1.82) is 0 Å². The van der Waals surface area contributed by atoms with E-state index in [4.69, 9.17) is 20.1 Å². The Balaban J connectivity index is -0.0000000480. The molecule has 0 atom stereocenters. The van der Waals surface area contributed by atoms with Crippen LogP contribution in [0, 0.1) is 0 Å². The average Bonchev–Trinajstić information content (AvgIpc) is 1.41. The van der Waals surface area contributed by atoms with Crippen LogP contribution in [0.3, 0.4) is 0 Å². The summed E-state index contributed by atoms with van der Waals surface area (Å²) in [5.74, 6) is 0. The molecule has 0 heterocycles. The summed E-state index contributed by atoms with van der Waals surface area (Å²) < 4.78 is 0. The Morgan fingerprint density at radius 2 is 1.29 bits per heavy atom. The zero-order valence-electron chi connectivity index (χ0n) is 3.25. The normalized spacial score (nSPS) is 4.29. The van der Waals surface area contributed by atoms with Crippen molar-refractivity contribution in [3.8, 4) is 0 Å². The third-order valence-corrected chi connectivity index (χ3v) is 0. The molecule has 3 N–H and O–H groups in total. The van der Waals surface area contributed by atoms with Crippen LogP contribution >= 0.6 is 0 Å². The number of hydrogen-bond acceptors (Lipinski definition) is 2. The molecule has 0 aromatic heterocycles. The Labute approximate surface area is 100.0 Å². The van der Waals surface area contributed by atoms with E-state index in [1.165, 1.54) is 0 Å². The SMILES string of the molecule is CO.O=C(O)O.[CsH]. The summed E-state index contributed by atoms with van der Waals surface area (Å²) in [4.78, 5) is 8.56. The first-order chi connectivity index (χ1) is 2.73. The number of aliphatic hydroxyl groups excluding tert-OH is 1. The fraction of sp³-hybridized carbons (Fsp3) is 0.500. The topological polar surface area (TPSA) is 77.8 Å². The van der Waals surface area contributed by atoms with Crippen LogP contribution in [0.5, 0.6) is 0 Å². The molecular formula is C2H7CsO4. The van der Waals surface area contributed by atoms with Gasteiger partial charge in [-0.25, -0.2) is 4.79 Å². The van der Waals surface area contributed by atoms with Crippen molar-refractivity contribution in [3.05, 3.63) is 0 Å². The van der Waals surface area contributed by atoms with Gasteiger partial charge in [0.25, 0.3) is 0 Å². The molecular weight excluding hydrogens is 221 g/mol. The number of rotatable bonds is 0. The van der Waals surface area contributed by atoms with E-state index in [-0.39, 0.29) is 68.9 Å². The van der Waals surface area contributed by atoms with Crippen LogP contribution in [0.1, 0.15) is 0 Å². The fourth-order valence-corrected chi connectivity index (χ4v) is 0. The van der Waals surface area contributed by atoms with Crippen molar-refractivity contribution >= 4 is 75.0 Å². The Bertz CT molecular complexity index is 32.7. The number of hydrogen-bond donors (Lipinski definition) is 3. The first kappa shape index (κ1) is 15.7. The fourth-order valence-electron chi connectivity index (χ4n) is 0. The molecule has 40 valence electrons. The van der Waals surface area contributed by atoms with E-state index in [2.05, 4.69) is 0 Å². The molecule has 0 amide bonds. The predicted molar refractivity (Wildman–Crippen MR) is 25.9 cm³/mol. The minimum absolute atomic E-state index is 0. The molecule has 0 bridgehead atoms. The van der Waals surface area contributed by atoms with Crippen LogP contribution in [0.2, 0.25) is 0 Å². The van der Waals surface area contributed by atoms with Gasteiger partial charge in [0.2, 0.25) is 0 Å². The summed E-state index contributed by atoms with van der Waals surface area (Å²) in [6, 6.07) is 0. The van der Waals surface area contributed by atoms with Gasteiger partial charge in [0.05, 0.1) is 0 Å². The minimum atomic E-state index is -1.83. The molecule has 0 saturated carbocycles. The van der Waals surface area contributed by atoms with Gasteiger partial charge < -0.3 is 15.3 Å². The zero-order chi connectivity index (χ0) is 5.58. The van der Waals surface area contributed by atoms with E-state index >= 15 is 0 Å². The Kier molecular flexibility index (Phi) is 35.2. The molecule has 0 rings (SSSR count). The van der Waals surface area contributed by atoms with Gasteiger partial charge in [-0.2, -0.15) is 0 Å². The van der Waals surface area contributed by atoms with Gasteiger partial charge in [0.15, 0.2) is 0 Å². The summed E-state index contributed by atoms with van der Waals surface area (Å²) in [7, 11) is 1.00. The summed E-state index contributed by atoms with van der Waals surface area (Å²) in [5, 5.41) is 20.9. The maximum absolute atomic E-state index is 8.56. The zero-order valence-corrected chi connectivity index (χ0v) is 3.25. The van der Waals surface area contributed by atoms with Crippen molar-refractivity contribution in [2.24, 2.45) is 0 Å². The molecule has 4 nitrogen and oxygen atoms in total. The van der Waals surface area contributed by atoms with Gasteiger partial charge in [-0.1, -0.05) is 0 Å². The van der Waals surface area contributed by atoms with E-state index in [0.717, 1.165) is 7.11 Å². The molecule has 0 aliphatic heterocycles. The maximum atomic E-state index is 8.56. The van der Waals surface area contributed by atoms with E-state index in [0.29, 0.717) is 0 Å². The van der Waals surface area contributed by atoms with Crippen LogP contribution < -0.4 is 0 Å². The van der Waals surface area contributed by atoms with E-state index in [1.807, 2.05) is 0 Å². The summed E-state index contributed by atoms with van der Waals surface area (Å²) in [5.41, 5.74) is 0. The monoisotopic (exact) mass is 228 g/mol. The van der Waals surface area contributed by atoms with Gasteiger partial charge >= 0.3 is 75.0 Å². The molecule has 0 aliphatic rings. The molecule has 0 fully saturated rings. The second-order valence-electron chi connectivity index (χ2n) is 0.283. The molecule has 0 spiro atoms. The van der Waals surface area contributed by atoms with Crippen LogP contribution in [0.4, 0.5) is 4.79 Å². The quantitative estimate of drug-likeness (QED) is 0.506. The predicted octanol–water partition coefficient (Wildman–Crippen LogP) is -0.818. The van der Waals surface area contributed by atoms with Crippen molar-refractivity contribution < 1.29 is 20.1 Å². The molecule has 0 aliphatic carbocycles. The summed E-state index contributed by atoms with van der Waals surface area (Å²) in [6.45, 7) is 0. The Morgan fingerprint density at radius 3 is 1.29 bits per heavy atom. The number of aliphatic hydroxyl groups is 1. The van der Waals surface area contributed by atoms with Crippen LogP contribution in [-0.2, 0) is 0 Å². The van der Waals surface area contributed by atoms with Gasteiger partial charge in [0, 0.05) is 7.11 Å². The van der Waals surface area contributed by atoms with Gasteiger partial charge in [-0.3, -0.25) is 0 Å². The molecule has 0 aromatic rings.